The van der Waals surface area contributed by atoms with E-state index in [1.807, 2.05) is 30.3 Å². The Morgan fingerprint density at radius 2 is 1.92 bits per heavy atom. The van der Waals surface area contributed by atoms with E-state index in [1.165, 1.54) is 0 Å². The monoisotopic (exact) mass is 173 g/mol. The number of aliphatic hydroxyl groups is 1. The number of rotatable bonds is 4. The number of benzene rings is 1. The standard InChI is InChI=1S/C12H13O/c1-3-7-12(13)10(2)11-8-5-4-6-9-11/h3-6,8-9,13H,1-2,7H2. The maximum Gasteiger partial charge on any atom is 0.126 e. The molecule has 0 aliphatic rings. The SMILES string of the molecule is C=CC[C](O)C(=C)c1ccccc1. The van der Waals surface area contributed by atoms with Crippen molar-refractivity contribution in [3.05, 3.63) is 61.2 Å². The smallest absolute Gasteiger partial charge is 0.126 e. The Morgan fingerprint density at radius 1 is 1.31 bits per heavy atom. The predicted octanol–water partition coefficient (Wildman–Crippen LogP) is 3.18. The van der Waals surface area contributed by atoms with Gasteiger partial charge in [0, 0.05) is 6.42 Å². The van der Waals surface area contributed by atoms with Gasteiger partial charge in [0.15, 0.2) is 0 Å². The predicted molar refractivity (Wildman–Crippen MR) is 55.5 cm³/mol. The Bertz CT molecular complexity index is 287. The molecule has 0 saturated carbocycles. The van der Waals surface area contributed by atoms with E-state index < -0.39 is 0 Å². The lowest BCUT2D eigenvalue weighted by molar-refractivity contribution is 0.340. The van der Waals surface area contributed by atoms with E-state index in [2.05, 4.69) is 13.2 Å². The molecule has 0 aromatic heterocycles. The van der Waals surface area contributed by atoms with E-state index in [-0.39, 0.29) is 6.10 Å². The molecule has 0 heterocycles. The van der Waals surface area contributed by atoms with Gasteiger partial charge in [-0.15, -0.1) is 6.58 Å². The minimum absolute atomic E-state index is 0.279. The molecule has 0 aliphatic carbocycles. The van der Waals surface area contributed by atoms with Crippen LogP contribution in [0.25, 0.3) is 5.57 Å². The summed E-state index contributed by atoms with van der Waals surface area (Å²) in [6.45, 7) is 7.36. The van der Waals surface area contributed by atoms with Crippen molar-refractivity contribution in [3.8, 4) is 0 Å². The van der Waals surface area contributed by atoms with Crippen LogP contribution in [0.5, 0.6) is 0 Å². The lowest BCUT2D eigenvalue weighted by Gasteiger charge is -2.10. The molecule has 13 heavy (non-hydrogen) atoms. The van der Waals surface area contributed by atoms with Gasteiger partial charge < -0.3 is 5.11 Å². The molecule has 1 aromatic carbocycles. The summed E-state index contributed by atoms with van der Waals surface area (Å²) >= 11 is 0. The molecule has 0 atom stereocenters. The Morgan fingerprint density at radius 3 is 2.46 bits per heavy atom. The summed E-state index contributed by atoms with van der Waals surface area (Å²) < 4.78 is 0. The van der Waals surface area contributed by atoms with E-state index in [4.69, 9.17) is 0 Å². The normalized spacial score (nSPS) is 10.0. The summed E-state index contributed by atoms with van der Waals surface area (Å²) in [5.41, 5.74) is 1.61. The largest absolute Gasteiger partial charge is 0.381 e. The van der Waals surface area contributed by atoms with Gasteiger partial charge >= 0.3 is 0 Å². The third-order valence-corrected chi connectivity index (χ3v) is 1.81. The zero-order valence-corrected chi connectivity index (χ0v) is 7.53. The fourth-order valence-electron chi connectivity index (χ4n) is 1.07. The van der Waals surface area contributed by atoms with Crippen molar-refractivity contribution in [2.75, 3.05) is 0 Å². The maximum absolute atomic E-state index is 9.52. The summed E-state index contributed by atoms with van der Waals surface area (Å²) in [6.07, 6.45) is 2.40. The average molecular weight is 173 g/mol. The Labute approximate surface area is 79.0 Å². The van der Waals surface area contributed by atoms with Crippen molar-refractivity contribution in [2.24, 2.45) is 0 Å². The molecule has 0 fully saturated rings. The van der Waals surface area contributed by atoms with Gasteiger partial charge in [-0.3, -0.25) is 0 Å². The number of hydrogen-bond donors (Lipinski definition) is 1. The van der Waals surface area contributed by atoms with E-state index in [0.717, 1.165) is 5.56 Å². The first kappa shape index (κ1) is 9.75. The number of aliphatic hydroxyl groups excluding tert-OH is 1. The molecule has 1 radical (unpaired) electrons. The summed E-state index contributed by atoms with van der Waals surface area (Å²) in [5, 5.41) is 9.52. The summed E-state index contributed by atoms with van der Waals surface area (Å²) in [7, 11) is 0. The van der Waals surface area contributed by atoms with Crippen molar-refractivity contribution < 1.29 is 5.11 Å². The van der Waals surface area contributed by atoms with Crippen LogP contribution in [-0.2, 0) is 0 Å². The fourth-order valence-corrected chi connectivity index (χ4v) is 1.07. The fraction of sp³-hybridized carbons (Fsp3) is 0.0833. The van der Waals surface area contributed by atoms with Crippen molar-refractivity contribution in [1.29, 1.82) is 0 Å². The lowest BCUT2D eigenvalue weighted by Crippen LogP contribution is -1.96. The van der Waals surface area contributed by atoms with Crippen LogP contribution in [0.1, 0.15) is 12.0 Å². The van der Waals surface area contributed by atoms with E-state index in [9.17, 15) is 5.11 Å². The molecular formula is C12H13O. The van der Waals surface area contributed by atoms with Crippen LogP contribution in [0.2, 0.25) is 0 Å². The third-order valence-electron chi connectivity index (χ3n) is 1.81. The highest BCUT2D eigenvalue weighted by atomic mass is 16.3. The van der Waals surface area contributed by atoms with Crippen molar-refractivity contribution >= 4 is 5.57 Å². The highest BCUT2D eigenvalue weighted by Gasteiger charge is 2.09. The van der Waals surface area contributed by atoms with Gasteiger partial charge in [0.1, 0.15) is 6.10 Å². The van der Waals surface area contributed by atoms with Crippen LogP contribution in [0, 0.1) is 6.10 Å². The molecule has 0 spiro atoms. The first-order valence-electron chi connectivity index (χ1n) is 4.16. The van der Waals surface area contributed by atoms with Gasteiger partial charge in [0.25, 0.3) is 0 Å². The van der Waals surface area contributed by atoms with E-state index in [1.54, 1.807) is 6.08 Å². The second-order valence-corrected chi connectivity index (χ2v) is 2.78. The van der Waals surface area contributed by atoms with Gasteiger partial charge in [-0.05, 0) is 11.1 Å². The van der Waals surface area contributed by atoms with E-state index >= 15 is 0 Å². The average Bonchev–Trinajstić information content (AvgIpc) is 2.18. The van der Waals surface area contributed by atoms with Crippen LogP contribution in [0.15, 0.2) is 49.6 Å². The molecule has 0 unspecified atom stereocenters. The van der Waals surface area contributed by atoms with Gasteiger partial charge in [-0.1, -0.05) is 43.0 Å². The molecule has 0 amide bonds. The number of hydrogen-bond acceptors (Lipinski definition) is 1. The third kappa shape index (κ3) is 2.56. The topological polar surface area (TPSA) is 20.2 Å². The van der Waals surface area contributed by atoms with Gasteiger partial charge in [-0.25, -0.2) is 0 Å². The highest BCUT2D eigenvalue weighted by molar-refractivity contribution is 5.72. The molecule has 67 valence electrons. The summed E-state index contributed by atoms with van der Waals surface area (Å²) in [4.78, 5) is 0. The van der Waals surface area contributed by atoms with Gasteiger partial charge in [0.05, 0.1) is 0 Å². The van der Waals surface area contributed by atoms with Crippen molar-refractivity contribution in [3.63, 3.8) is 0 Å². The molecule has 0 aliphatic heterocycles. The second kappa shape index (κ2) is 4.63. The molecule has 1 aromatic rings. The van der Waals surface area contributed by atoms with E-state index in [0.29, 0.717) is 12.0 Å². The summed E-state index contributed by atoms with van der Waals surface area (Å²) in [6, 6.07) is 9.61. The van der Waals surface area contributed by atoms with Crippen LogP contribution in [0.4, 0.5) is 0 Å². The quantitative estimate of drug-likeness (QED) is 0.693. The Hall–Kier alpha value is -1.34. The summed E-state index contributed by atoms with van der Waals surface area (Å²) in [5.74, 6) is 0. The first-order chi connectivity index (χ1) is 6.25. The van der Waals surface area contributed by atoms with Crippen molar-refractivity contribution in [1.82, 2.24) is 0 Å². The lowest BCUT2D eigenvalue weighted by atomic mass is 10.0. The molecule has 0 bridgehead atoms. The van der Waals surface area contributed by atoms with Crippen molar-refractivity contribution in [2.45, 2.75) is 6.42 Å². The van der Waals surface area contributed by atoms with Crippen LogP contribution in [-0.4, -0.2) is 5.11 Å². The molecule has 1 rings (SSSR count). The molecule has 1 nitrogen and oxygen atoms in total. The second-order valence-electron chi connectivity index (χ2n) is 2.78. The van der Waals surface area contributed by atoms with Gasteiger partial charge in [-0.2, -0.15) is 0 Å². The molecule has 1 N–H and O–H groups in total. The first-order valence-corrected chi connectivity index (χ1v) is 4.16. The van der Waals surface area contributed by atoms with Gasteiger partial charge in [0.2, 0.25) is 0 Å². The highest BCUT2D eigenvalue weighted by Crippen LogP contribution is 2.23. The van der Waals surface area contributed by atoms with Crippen LogP contribution < -0.4 is 0 Å². The van der Waals surface area contributed by atoms with Crippen LogP contribution >= 0.6 is 0 Å². The Kier molecular flexibility index (Phi) is 3.47. The maximum atomic E-state index is 9.52. The zero-order valence-electron chi connectivity index (χ0n) is 7.53. The Balaban J connectivity index is 2.73. The molecular weight excluding hydrogens is 160 g/mol. The minimum Gasteiger partial charge on any atom is -0.381 e. The minimum atomic E-state index is 0.279. The molecule has 1 heteroatoms. The zero-order chi connectivity index (χ0) is 9.68. The van der Waals surface area contributed by atoms with Crippen LogP contribution in [0.3, 0.4) is 0 Å². The molecule has 0 saturated heterocycles.